The summed E-state index contributed by atoms with van der Waals surface area (Å²) in [5.41, 5.74) is 1.77. The molecule has 1 atom stereocenters. The van der Waals surface area contributed by atoms with Crippen LogP contribution < -0.4 is 4.90 Å². The lowest BCUT2D eigenvalue weighted by Crippen LogP contribution is -2.36. The summed E-state index contributed by atoms with van der Waals surface area (Å²) in [5, 5.41) is 9.01. The maximum atomic E-state index is 13.0. The molecule has 144 valence electrons. The van der Waals surface area contributed by atoms with Gasteiger partial charge in [0.15, 0.2) is 11.0 Å². The van der Waals surface area contributed by atoms with E-state index < -0.39 is 0 Å². The van der Waals surface area contributed by atoms with Crippen molar-refractivity contribution in [3.63, 3.8) is 0 Å². The minimum absolute atomic E-state index is 0.0368. The van der Waals surface area contributed by atoms with E-state index in [9.17, 15) is 4.79 Å². The van der Waals surface area contributed by atoms with Crippen molar-refractivity contribution in [1.82, 2.24) is 19.7 Å². The van der Waals surface area contributed by atoms with Crippen molar-refractivity contribution in [2.75, 3.05) is 11.4 Å². The number of carbonyl (C=O) groups is 1. The first kappa shape index (κ1) is 19.8. The van der Waals surface area contributed by atoms with Crippen molar-refractivity contribution in [2.24, 2.45) is 0 Å². The fourth-order valence-electron chi connectivity index (χ4n) is 2.88. The monoisotopic (exact) mass is 393 g/mol. The van der Waals surface area contributed by atoms with Crippen LogP contribution >= 0.6 is 11.8 Å². The van der Waals surface area contributed by atoms with Crippen LogP contribution in [0.1, 0.15) is 13.8 Å². The summed E-state index contributed by atoms with van der Waals surface area (Å²) < 4.78 is 1.96. The van der Waals surface area contributed by atoms with Gasteiger partial charge in [-0.3, -0.25) is 14.3 Å². The van der Waals surface area contributed by atoms with E-state index >= 15 is 0 Å². The summed E-state index contributed by atoms with van der Waals surface area (Å²) in [6.07, 6.45) is 5.26. The lowest BCUT2D eigenvalue weighted by Gasteiger charge is -2.24. The maximum absolute atomic E-state index is 13.0. The molecule has 0 saturated heterocycles. The summed E-state index contributed by atoms with van der Waals surface area (Å²) in [6, 6.07) is 13.5. The average molecular weight is 394 g/mol. The number of carbonyl (C=O) groups excluding carboxylic acids is 1. The smallest absolute Gasteiger partial charge is 0.240 e. The Balaban J connectivity index is 1.83. The molecule has 0 radical (unpaired) electrons. The Labute approximate surface area is 169 Å². The number of hydrogen-bond donors (Lipinski definition) is 0. The van der Waals surface area contributed by atoms with Gasteiger partial charge in [-0.2, -0.15) is 0 Å². The number of thioether (sulfide) groups is 1. The number of rotatable bonds is 8. The molecule has 0 saturated carbocycles. The SMILES string of the molecule is C=CCn1c(S[C@@H](C)C(=O)N(CC)c2ccccc2)nnc1-c1cccnc1. The summed E-state index contributed by atoms with van der Waals surface area (Å²) in [6.45, 7) is 8.86. The summed E-state index contributed by atoms with van der Waals surface area (Å²) in [4.78, 5) is 19.0. The predicted octanol–water partition coefficient (Wildman–Crippen LogP) is 4.06. The number of nitrogens with zero attached hydrogens (tertiary/aromatic N) is 5. The van der Waals surface area contributed by atoms with Gasteiger partial charge in [0.2, 0.25) is 5.91 Å². The first-order chi connectivity index (χ1) is 13.7. The molecule has 0 N–H and O–H groups in total. The van der Waals surface area contributed by atoms with Gasteiger partial charge in [0.1, 0.15) is 0 Å². The van der Waals surface area contributed by atoms with E-state index in [1.54, 1.807) is 23.4 Å². The Morgan fingerprint density at radius 3 is 2.68 bits per heavy atom. The van der Waals surface area contributed by atoms with E-state index in [0.29, 0.717) is 24.1 Å². The molecule has 1 aromatic carbocycles. The zero-order valence-corrected chi connectivity index (χ0v) is 16.8. The fourth-order valence-corrected chi connectivity index (χ4v) is 3.80. The predicted molar refractivity (Wildman–Crippen MR) is 113 cm³/mol. The Hall–Kier alpha value is -2.93. The molecule has 0 fully saturated rings. The Morgan fingerprint density at radius 2 is 2.04 bits per heavy atom. The van der Waals surface area contributed by atoms with E-state index in [-0.39, 0.29) is 11.2 Å². The molecular weight excluding hydrogens is 370 g/mol. The number of amides is 1. The standard InChI is InChI=1S/C21H23N5OS/c1-4-14-26-19(17-10-9-13-22-15-17)23-24-21(26)28-16(3)20(27)25(5-2)18-11-7-6-8-12-18/h4,6-13,15-16H,1,5,14H2,2-3H3/t16-/m0/s1. The number of aromatic nitrogens is 4. The number of allylic oxidation sites excluding steroid dienone is 1. The lowest BCUT2D eigenvalue weighted by atomic mass is 10.2. The van der Waals surface area contributed by atoms with Gasteiger partial charge in [-0.1, -0.05) is 36.0 Å². The minimum Gasteiger partial charge on any atom is -0.312 e. The zero-order chi connectivity index (χ0) is 19.9. The molecule has 0 bridgehead atoms. The molecule has 0 aliphatic heterocycles. The number of anilines is 1. The van der Waals surface area contributed by atoms with E-state index in [2.05, 4.69) is 21.8 Å². The van der Waals surface area contributed by atoms with Gasteiger partial charge in [-0.05, 0) is 38.1 Å². The first-order valence-electron chi connectivity index (χ1n) is 9.13. The summed E-state index contributed by atoms with van der Waals surface area (Å²) in [7, 11) is 0. The molecule has 3 rings (SSSR count). The van der Waals surface area contributed by atoms with Crippen LogP contribution in [0.25, 0.3) is 11.4 Å². The van der Waals surface area contributed by atoms with E-state index in [1.807, 2.05) is 60.9 Å². The van der Waals surface area contributed by atoms with E-state index in [0.717, 1.165) is 11.3 Å². The van der Waals surface area contributed by atoms with Gasteiger partial charge in [0.25, 0.3) is 0 Å². The van der Waals surface area contributed by atoms with Gasteiger partial charge >= 0.3 is 0 Å². The second-order valence-electron chi connectivity index (χ2n) is 6.13. The Morgan fingerprint density at radius 1 is 1.25 bits per heavy atom. The number of pyridine rings is 1. The third kappa shape index (κ3) is 4.31. The van der Waals surface area contributed by atoms with Crippen LogP contribution in [-0.4, -0.2) is 37.5 Å². The van der Waals surface area contributed by atoms with Gasteiger partial charge in [0, 0.05) is 36.7 Å². The molecule has 0 aliphatic rings. The summed E-state index contributed by atoms with van der Waals surface area (Å²) >= 11 is 1.40. The fraction of sp³-hybridized carbons (Fsp3) is 0.238. The van der Waals surface area contributed by atoms with Crippen LogP contribution in [0.2, 0.25) is 0 Å². The average Bonchev–Trinajstić information content (AvgIpc) is 3.12. The van der Waals surface area contributed by atoms with Crippen LogP contribution in [-0.2, 0) is 11.3 Å². The molecule has 0 unspecified atom stereocenters. The topological polar surface area (TPSA) is 63.9 Å². The van der Waals surface area contributed by atoms with Crippen LogP contribution in [0.15, 0.2) is 72.7 Å². The Kier molecular flexibility index (Phi) is 6.60. The van der Waals surface area contributed by atoms with Gasteiger partial charge in [0.05, 0.1) is 5.25 Å². The third-order valence-corrected chi connectivity index (χ3v) is 5.30. The molecular formula is C21H23N5OS. The molecule has 2 aromatic heterocycles. The summed E-state index contributed by atoms with van der Waals surface area (Å²) in [5.74, 6) is 0.750. The highest BCUT2D eigenvalue weighted by Gasteiger charge is 2.24. The highest BCUT2D eigenvalue weighted by atomic mass is 32.2. The second kappa shape index (κ2) is 9.32. The van der Waals surface area contributed by atoms with Crippen LogP contribution in [0.4, 0.5) is 5.69 Å². The minimum atomic E-state index is -0.310. The molecule has 7 heteroatoms. The molecule has 2 heterocycles. The van der Waals surface area contributed by atoms with Crippen molar-refractivity contribution in [3.8, 4) is 11.4 Å². The molecule has 1 amide bonds. The number of hydrogen-bond acceptors (Lipinski definition) is 5. The highest BCUT2D eigenvalue weighted by molar-refractivity contribution is 8.00. The van der Waals surface area contributed by atoms with Crippen LogP contribution in [0.3, 0.4) is 0 Å². The Bertz CT molecular complexity index is 926. The highest BCUT2D eigenvalue weighted by Crippen LogP contribution is 2.28. The van der Waals surface area contributed by atoms with Crippen molar-refractivity contribution in [3.05, 3.63) is 67.5 Å². The maximum Gasteiger partial charge on any atom is 0.240 e. The molecule has 0 spiro atoms. The molecule has 28 heavy (non-hydrogen) atoms. The zero-order valence-electron chi connectivity index (χ0n) is 16.0. The van der Waals surface area contributed by atoms with Gasteiger partial charge in [-0.25, -0.2) is 0 Å². The van der Waals surface area contributed by atoms with Crippen LogP contribution in [0, 0.1) is 0 Å². The van der Waals surface area contributed by atoms with Crippen LogP contribution in [0.5, 0.6) is 0 Å². The normalized spacial score (nSPS) is 11.8. The van der Waals surface area contributed by atoms with Gasteiger partial charge < -0.3 is 4.90 Å². The van der Waals surface area contributed by atoms with Crippen molar-refractivity contribution in [2.45, 2.75) is 30.8 Å². The van der Waals surface area contributed by atoms with E-state index in [4.69, 9.17) is 0 Å². The number of benzene rings is 1. The lowest BCUT2D eigenvalue weighted by molar-refractivity contribution is -0.117. The van der Waals surface area contributed by atoms with Crippen molar-refractivity contribution < 1.29 is 4.79 Å². The van der Waals surface area contributed by atoms with Gasteiger partial charge in [-0.15, -0.1) is 16.8 Å². The number of para-hydroxylation sites is 1. The quantitative estimate of drug-likeness (QED) is 0.427. The van der Waals surface area contributed by atoms with E-state index in [1.165, 1.54) is 11.8 Å². The van der Waals surface area contributed by atoms with Crippen molar-refractivity contribution in [1.29, 1.82) is 0 Å². The molecule has 6 nitrogen and oxygen atoms in total. The largest absolute Gasteiger partial charge is 0.312 e. The first-order valence-corrected chi connectivity index (χ1v) is 10.0. The second-order valence-corrected chi connectivity index (χ2v) is 7.43. The van der Waals surface area contributed by atoms with Crippen molar-refractivity contribution >= 4 is 23.4 Å². The molecule has 0 aliphatic carbocycles. The third-order valence-electron chi connectivity index (χ3n) is 4.23. The molecule has 3 aromatic rings.